The van der Waals surface area contributed by atoms with Crippen LogP contribution in [0.15, 0.2) is 91.0 Å². The Labute approximate surface area is 254 Å². The molecule has 1 aliphatic carbocycles. The van der Waals surface area contributed by atoms with Crippen LogP contribution in [0.1, 0.15) is 52.9 Å². The highest BCUT2D eigenvalue weighted by molar-refractivity contribution is 7.20. The zero-order valence-electron chi connectivity index (χ0n) is 23.8. The number of nitrogens with one attached hydrogen (secondary N) is 2. The average Bonchev–Trinajstić information content (AvgIpc) is 3.65. The zero-order chi connectivity index (χ0) is 30.2. The van der Waals surface area contributed by atoms with E-state index in [1.165, 1.54) is 11.3 Å². The van der Waals surface area contributed by atoms with Gasteiger partial charge in [0.1, 0.15) is 5.78 Å². The Bertz CT molecular complexity index is 1580. The molecule has 1 fully saturated rings. The van der Waals surface area contributed by atoms with Gasteiger partial charge in [-0.05, 0) is 54.3 Å². The van der Waals surface area contributed by atoms with Gasteiger partial charge in [-0.25, -0.2) is 0 Å². The Morgan fingerprint density at radius 3 is 2.21 bits per heavy atom. The van der Waals surface area contributed by atoms with Gasteiger partial charge in [-0.1, -0.05) is 78.9 Å². The monoisotopic (exact) mass is 594 g/mol. The molecule has 0 radical (unpaired) electrons. The maximum atomic E-state index is 13.8. The summed E-state index contributed by atoms with van der Waals surface area (Å²) in [7, 11) is 0. The number of rotatable bonds is 13. The Morgan fingerprint density at radius 2 is 1.53 bits per heavy atom. The summed E-state index contributed by atoms with van der Waals surface area (Å²) in [4.78, 5) is 66.7. The van der Waals surface area contributed by atoms with E-state index in [9.17, 15) is 24.0 Å². The standard InChI is InChI=1S/C35H34N2O5S/c38-29-16-9-15-25(29)19-28(33(40)35(42)36-22-24-12-5-2-6-13-24)37-34(41)27(18-23-10-3-1-4-11-23)20-30(39)32-21-26-14-7-8-17-31(26)43-32/h1-8,10-14,17,21,25,27-28H,9,15-16,18-20,22H2,(H,36,42)(H,37,41)/t25-,27+,28-/m0/s1. The summed E-state index contributed by atoms with van der Waals surface area (Å²) in [6, 6.07) is 27.0. The minimum absolute atomic E-state index is 0.0394. The number of carbonyl (C=O) groups excluding carboxylic acids is 5. The van der Waals surface area contributed by atoms with Gasteiger partial charge in [0.05, 0.1) is 10.9 Å². The molecule has 43 heavy (non-hydrogen) atoms. The highest BCUT2D eigenvalue weighted by Gasteiger charge is 2.35. The van der Waals surface area contributed by atoms with Crippen LogP contribution in [0.25, 0.3) is 10.1 Å². The molecule has 7 nitrogen and oxygen atoms in total. The van der Waals surface area contributed by atoms with Crippen LogP contribution >= 0.6 is 11.3 Å². The van der Waals surface area contributed by atoms with Crippen LogP contribution in [0.4, 0.5) is 0 Å². The predicted octanol–water partition coefficient (Wildman–Crippen LogP) is 5.46. The van der Waals surface area contributed by atoms with Gasteiger partial charge in [0.25, 0.3) is 5.91 Å². The van der Waals surface area contributed by atoms with Crippen LogP contribution in [-0.4, -0.2) is 35.2 Å². The molecule has 4 aromatic rings. The van der Waals surface area contributed by atoms with Crippen molar-refractivity contribution in [3.8, 4) is 0 Å². The largest absolute Gasteiger partial charge is 0.345 e. The normalized spacial score (nSPS) is 16.0. The molecule has 3 atom stereocenters. The molecule has 1 heterocycles. The van der Waals surface area contributed by atoms with Crippen molar-refractivity contribution in [3.63, 3.8) is 0 Å². The number of hydrogen-bond donors (Lipinski definition) is 2. The van der Waals surface area contributed by atoms with E-state index in [0.29, 0.717) is 17.7 Å². The highest BCUT2D eigenvalue weighted by Crippen LogP contribution is 2.29. The molecule has 8 heteroatoms. The molecular formula is C35H34N2O5S. The molecule has 2 N–H and O–H groups in total. The van der Waals surface area contributed by atoms with Crippen molar-refractivity contribution >= 4 is 50.6 Å². The summed E-state index contributed by atoms with van der Waals surface area (Å²) in [5.41, 5.74) is 1.71. The van der Waals surface area contributed by atoms with Crippen LogP contribution < -0.4 is 10.6 Å². The van der Waals surface area contributed by atoms with Crippen LogP contribution in [-0.2, 0) is 32.1 Å². The van der Waals surface area contributed by atoms with Gasteiger partial charge in [0, 0.05) is 35.9 Å². The van der Waals surface area contributed by atoms with E-state index in [0.717, 1.165) is 27.6 Å². The third kappa shape index (κ3) is 7.90. The van der Waals surface area contributed by atoms with Crippen LogP contribution in [0.3, 0.4) is 0 Å². The molecule has 2 amide bonds. The third-order valence-corrected chi connectivity index (χ3v) is 9.09. The molecule has 0 saturated heterocycles. The Hall–Kier alpha value is -4.43. The minimum atomic E-state index is -1.17. The fourth-order valence-electron chi connectivity index (χ4n) is 5.57. The van der Waals surface area contributed by atoms with E-state index < -0.39 is 35.5 Å². The molecule has 0 spiro atoms. The van der Waals surface area contributed by atoms with E-state index >= 15 is 0 Å². The van der Waals surface area contributed by atoms with E-state index in [2.05, 4.69) is 10.6 Å². The van der Waals surface area contributed by atoms with Gasteiger partial charge in [0.2, 0.25) is 11.7 Å². The molecule has 0 unspecified atom stereocenters. The first-order chi connectivity index (χ1) is 20.9. The molecule has 3 aromatic carbocycles. The van der Waals surface area contributed by atoms with Gasteiger partial charge >= 0.3 is 0 Å². The van der Waals surface area contributed by atoms with Gasteiger partial charge in [-0.3, -0.25) is 24.0 Å². The molecule has 5 rings (SSSR count). The van der Waals surface area contributed by atoms with E-state index in [-0.39, 0.29) is 37.4 Å². The first-order valence-electron chi connectivity index (χ1n) is 14.6. The SMILES string of the molecule is O=C(NCc1ccccc1)C(=O)[C@H](C[C@@H]1CCCC1=O)NC(=O)[C@@H](CC(=O)c1cc2ccccc2s1)Cc1ccccc1. The van der Waals surface area contributed by atoms with Crippen molar-refractivity contribution in [2.24, 2.45) is 11.8 Å². The smallest absolute Gasteiger partial charge is 0.289 e. The number of amides is 2. The van der Waals surface area contributed by atoms with Gasteiger partial charge in [-0.15, -0.1) is 11.3 Å². The maximum absolute atomic E-state index is 13.8. The molecule has 220 valence electrons. The zero-order valence-corrected chi connectivity index (χ0v) is 24.6. The minimum Gasteiger partial charge on any atom is -0.345 e. The number of benzene rings is 3. The molecular weight excluding hydrogens is 560 g/mol. The van der Waals surface area contributed by atoms with E-state index in [1.807, 2.05) is 91.0 Å². The molecule has 1 aromatic heterocycles. The predicted molar refractivity (Wildman–Crippen MR) is 167 cm³/mol. The summed E-state index contributed by atoms with van der Waals surface area (Å²) >= 11 is 1.39. The fourth-order valence-corrected chi connectivity index (χ4v) is 6.58. The fraction of sp³-hybridized carbons (Fsp3) is 0.286. The second kappa shape index (κ2) is 14.2. The second-order valence-electron chi connectivity index (χ2n) is 11.0. The van der Waals surface area contributed by atoms with Crippen molar-refractivity contribution in [2.75, 3.05) is 0 Å². The Kier molecular flexibility index (Phi) is 9.89. The summed E-state index contributed by atoms with van der Waals surface area (Å²) < 4.78 is 0.989. The highest BCUT2D eigenvalue weighted by atomic mass is 32.1. The lowest BCUT2D eigenvalue weighted by molar-refractivity contribution is -0.141. The maximum Gasteiger partial charge on any atom is 0.289 e. The van der Waals surface area contributed by atoms with Crippen molar-refractivity contribution in [1.29, 1.82) is 0 Å². The van der Waals surface area contributed by atoms with E-state index in [4.69, 9.17) is 0 Å². The van der Waals surface area contributed by atoms with E-state index in [1.54, 1.807) is 0 Å². The number of ketones is 3. The topological polar surface area (TPSA) is 109 Å². The van der Waals surface area contributed by atoms with Crippen molar-refractivity contribution in [2.45, 2.75) is 51.1 Å². The third-order valence-electron chi connectivity index (χ3n) is 7.93. The van der Waals surface area contributed by atoms with Crippen molar-refractivity contribution < 1.29 is 24.0 Å². The van der Waals surface area contributed by atoms with Crippen molar-refractivity contribution in [3.05, 3.63) is 107 Å². The molecule has 1 saturated carbocycles. The number of hydrogen-bond acceptors (Lipinski definition) is 6. The first kappa shape index (κ1) is 30.0. The van der Waals surface area contributed by atoms with Gasteiger partial charge in [-0.2, -0.15) is 0 Å². The summed E-state index contributed by atoms with van der Waals surface area (Å²) in [5.74, 6) is -3.40. The summed E-state index contributed by atoms with van der Waals surface area (Å²) in [6.07, 6.45) is 2.05. The number of fused-ring (bicyclic) bond motifs is 1. The van der Waals surface area contributed by atoms with Crippen LogP contribution in [0.5, 0.6) is 0 Å². The lowest BCUT2D eigenvalue weighted by Crippen LogP contribution is -2.50. The molecule has 0 aliphatic heterocycles. The van der Waals surface area contributed by atoms with Crippen LogP contribution in [0, 0.1) is 11.8 Å². The summed E-state index contributed by atoms with van der Waals surface area (Å²) in [5, 5.41) is 6.41. The number of thiophene rings is 1. The first-order valence-corrected chi connectivity index (χ1v) is 15.4. The quantitative estimate of drug-likeness (QED) is 0.158. The lowest BCUT2D eigenvalue weighted by atomic mass is 9.90. The number of carbonyl (C=O) groups is 5. The molecule has 1 aliphatic rings. The van der Waals surface area contributed by atoms with Crippen molar-refractivity contribution in [1.82, 2.24) is 10.6 Å². The van der Waals surface area contributed by atoms with Gasteiger partial charge < -0.3 is 10.6 Å². The summed E-state index contributed by atoms with van der Waals surface area (Å²) in [6.45, 7) is 0.161. The Morgan fingerprint density at radius 1 is 0.860 bits per heavy atom. The average molecular weight is 595 g/mol. The second-order valence-corrected chi connectivity index (χ2v) is 12.1. The number of Topliss-reactive ketones (excluding diaryl/α,β-unsaturated/α-hetero) is 3. The molecule has 0 bridgehead atoms. The van der Waals surface area contributed by atoms with Crippen LogP contribution in [0.2, 0.25) is 0 Å². The Balaban J connectivity index is 1.34. The van der Waals surface area contributed by atoms with Gasteiger partial charge in [0.15, 0.2) is 5.78 Å². The lowest BCUT2D eigenvalue weighted by Gasteiger charge is -2.23.